The average Bonchev–Trinajstić information content (AvgIpc) is 2.85. The third-order valence-electron chi connectivity index (χ3n) is 5.69. The number of imide groups is 1. The van der Waals surface area contributed by atoms with Gasteiger partial charge >= 0.3 is 6.03 Å². The number of nitrogens with zero attached hydrogens (tertiary/aromatic N) is 2. The number of urea groups is 1. The molecule has 7 heteroatoms. The normalized spacial score (nSPS) is 18.9. The Kier molecular flexibility index (Phi) is 5.68. The van der Waals surface area contributed by atoms with Crippen LogP contribution in [0, 0.1) is 0 Å². The van der Waals surface area contributed by atoms with E-state index in [9.17, 15) is 14.4 Å². The number of methoxy groups -OCH3 is 1. The van der Waals surface area contributed by atoms with Gasteiger partial charge in [-0.2, -0.15) is 0 Å². The van der Waals surface area contributed by atoms with E-state index in [1.54, 1.807) is 14.2 Å². The fourth-order valence-corrected chi connectivity index (χ4v) is 4.12. The van der Waals surface area contributed by atoms with Crippen LogP contribution in [0.25, 0.3) is 0 Å². The Morgan fingerprint density at radius 3 is 2.59 bits per heavy atom. The largest absolute Gasteiger partial charge is 0.496 e. The van der Waals surface area contributed by atoms with Crippen molar-refractivity contribution in [1.82, 2.24) is 15.1 Å². The number of likely N-dealkylation sites (N-methyl/N-ethyl adjacent to an activating group) is 1. The summed E-state index contributed by atoms with van der Waals surface area (Å²) in [6.45, 7) is 0.187. The molecule has 3 rings (SSSR count). The maximum absolute atomic E-state index is 12.9. The van der Waals surface area contributed by atoms with Crippen LogP contribution in [0.15, 0.2) is 24.3 Å². The highest BCUT2D eigenvalue weighted by Crippen LogP contribution is 2.39. The molecular formula is C20H27N3O4. The lowest BCUT2D eigenvalue weighted by Crippen LogP contribution is -2.49. The minimum atomic E-state index is -0.743. The van der Waals surface area contributed by atoms with Gasteiger partial charge in [-0.05, 0) is 30.9 Å². The van der Waals surface area contributed by atoms with E-state index < -0.39 is 5.54 Å². The standard InChI is InChI=1S/C20H27N3O4/c1-22-19(26)23(18(25)20(22)11-6-3-7-12-20)14-17(24)21-13-10-15-8-4-5-9-16(15)27-2/h4-5,8-9H,3,6-7,10-14H2,1-2H3,(H,21,24). The topological polar surface area (TPSA) is 79.0 Å². The van der Waals surface area contributed by atoms with Crippen LogP contribution in [0.1, 0.15) is 37.7 Å². The molecule has 0 atom stereocenters. The Morgan fingerprint density at radius 1 is 1.19 bits per heavy atom. The zero-order chi connectivity index (χ0) is 19.4. The second-order valence-corrected chi connectivity index (χ2v) is 7.24. The third kappa shape index (κ3) is 3.63. The van der Waals surface area contributed by atoms with Gasteiger partial charge in [0.1, 0.15) is 17.8 Å². The summed E-state index contributed by atoms with van der Waals surface area (Å²) >= 11 is 0. The zero-order valence-corrected chi connectivity index (χ0v) is 16.0. The molecule has 0 unspecified atom stereocenters. The first-order chi connectivity index (χ1) is 13.0. The Balaban J connectivity index is 1.56. The number of ether oxygens (including phenoxy) is 1. The summed E-state index contributed by atoms with van der Waals surface area (Å²) in [6.07, 6.45) is 4.92. The molecule has 0 aromatic heterocycles. The van der Waals surface area contributed by atoms with Crippen LogP contribution >= 0.6 is 0 Å². The van der Waals surface area contributed by atoms with Gasteiger partial charge < -0.3 is 15.0 Å². The van der Waals surface area contributed by atoms with Crippen LogP contribution in [0.5, 0.6) is 5.75 Å². The molecule has 4 amide bonds. The number of hydrogen-bond donors (Lipinski definition) is 1. The van der Waals surface area contributed by atoms with Crippen LogP contribution in [-0.4, -0.2) is 60.4 Å². The van der Waals surface area contributed by atoms with Crippen molar-refractivity contribution in [2.24, 2.45) is 0 Å². The predicted octanol–water partition coefficient (Wildman–Crippen LogP) is 1.95. The molecule has 1 spiro atoms. The van der Waals surface area contributed by atoms with Gasteiger partial charge in [-0.25, -0.2) is 4.79 Å². The lowest BCUT2D eigenvalue weighted by molar-refractivity contribution is -0.137. The maximum atomic E-state index is 12.9. The molecule has 1 saturated carbocycles. The Morgan fingerprint density at radius 2 is 1.89 bits per heavy atom. The molecule has 1 aromatic rings. The summed E-state index contributed by atoms with van der Waals surface area (Å²) in [5.74, 6) is 0.222. The molecule has 1 aliphatic heterocycles. The van der Waals surface area contributed by atoms with Crippen molar-refractivity contribution in [2.45, 2.75) is 44.1 Å². The highest BCUT2D eigenvalue weighted by atomic mass is 16.5. The molecule has 146 valence electrons. The quantitative estimate of drug-likeness (QED) is 0.773. The average molecular weight is 373 g/mol. The molecule has 1 N–H and O–H groups in total. The summed E-state index contributed by atoms with van der Waals surface area (Å²) in [7, 11) is 3.28. The number of carbonyl (C=O) groups excluding carboxylic acids is 3. The van der Waals surface area contributed by atoms with E-state index in [-0.39, 0.29) is 24.4 Å². The highest BCUT2D eigenvalue weighted by molar-refractivity contribution is 6.08. The van der Waals surface area contributed by atoms with E-state index >= 15 is 0 Å². The first-order valence-electron chi connectivity index (χ1n) is 9.48. The van der Waals surface area contributed by atoms with Gasteiger partial charge in [-0.15, -0.1) is 0 Å². The van der Waals surface area contributed by atoms with Crippen LogP contribution in [0.2, 0.25) is 0 Å². The van der Waals surface area contributed by atoms with Crippen LogP contribution in [-0.2, 0) is 16.0 Å². The van der Waals surface area contributed by atoms with Gasteiger partial charge in [-0.1, -0.05) is 37.5 Å². The lowest BCUT2D eigenvalue weighted by Gasteiger charge is -2.35. The van der Waals surface area contributed by atoms with Crippen LogP contribution < -0.4 is 10.1 Å². The Labute approximate surface area is 159 Å². The fourth-order valence-electron chi connectivity index (χ4n) is 4.12. The molecule has 2 fully saturated rings. The van der Waals surface area contributed by atoms with Crippen molar-refractivity contribution < 1.29 is 19.1 Å². The Hall–Kier alpha value is -2.57. The minimum absolute atomic E-state index is 0.227. The summed E-state index contributed by atoms with van der Waals surface area (Å²) in [5.41, 5.74) is 0.252. The first kappa shape index (κ1) is 19.2. The second-order valence-electron chi connectivity index (χ2n) is 7.24. The molecule has 1 saturated heterocycles. The third-order valence-corrected chi connectivity index (χ3v) is 5.69. The predicted molar refractivity (Wildman–Crippen MR) is 100 cm³/mol. The molecular weight excluding hydrogens is 346 g/mol. The summed E-state index contributed by atoms with van der Waals surface area (Å²) in [6, 6.07) is 7.25. The number of nitrogens with one attached hydrogen (secondary N) is 1. The number of hydrogen-bond acceptors (Lipinski definition) is 4. The number of rotatable bonds is 6. The smallest absolute Gasteiger partial charge is 0.327 e. The Bertz CT molecular complexity index is 728. The van der Waals surface area contributed by atoms with Crippen molar-refractivity contribution in [2.75, 3.05) is 27.2 Å². The molecule has 0 bridgehead atoms. The summed E-state index contributed by atoms with van der Waals surface area (Å²) in [5, 5.41) is 2.80. The maximum Gasteiger partial charge on any atom is 0.327 e. The van der Waals surface area contributed by atoms with Crippen LogP contribution in [0.4, 0.5) is 4.79 Å². The molecule has 2 aliphatic rings. The molecule has 7 nitrogen and oxygen atoms in total. The fraction of sp³-hybridized carbons (Fsp3) is 0.550. The molecule has 1 aliphatic carbocycles. The molecule has 0 radical (unpaired) electrons. The van der Waals surface area contributed by atoms with Crippen molar-refractivity contribution in [3.05, 3.63) is 29.8 Å². The van der Waals surface area contributed by atoms with E-state index in [0.29, 0.717) is 25.8 Å². The molecule has 27 heavy (non-hydrogen) atoms. The van der Waals surface area contributed by atoms with Gasteiger partial charge in [0, 0.05) is 13.6 Å². The van der Waals surface area contributed by atoms with Crippen molar-refractivity contribution >= 4 is 17.8 Å². The molecule has 1 heterocycles. The highest BCUT2D eigenvalue weighted by Gasteiger charge is 2.55. The monoisotopic (exact) mass is 373 g/mol. The van der Waals surface area contributed by atoms with E-state index in [1.165, 1.54) is 4.90 Å². The van der Waals surface area contributed by atoms with Gasteiger partial charge in [0.2, 0.25) is 5.91 Å². The van der Waals surface area contributed by atoms with Gasteiger partial charge in [0.25, 0.3) is 5.91 Å². The zero-order valence-electron chi connectivity index (χ0n) is 16.0. The number of carbonyl (C=O) groups is 3. The number of benzene rings is 1. The summed E-state index contributed by atoms with van der Waals surface area (Å²) < 4.78 is 5.30. The van der Waals surface area contributed by atoms with Crippen molar-refractivity contribution in [3.8, 4) is 5.75 Å². The van der Waals surface area contributed by atoms with E-state index in [1.807, 2.05) is 24.3 Å². The first-order valence-corrected chi connectivity index (χ1v) is 9.48. The van der Waals surface area contributed by atoms with Gasteiger partial charge in [-0.3, -0.25) is 14.5 Å². The molecule has 1 aromatic carbocycles. The number of para-hydroxylation sites is 1. The number of amides is 4. The van der Waals surface area contributed by atoms with Crippen molar-refractivity contribution in [1.29, 1.82) is 0 Å². The minimum Gasteiger partial charge on any atom is -0.496 e. The van der Waals surface area contributed by atoms with Crippen LogP contribution in [0.3, 0.4) is 0 Å². The SMILES string of the molecule is COc1ccccc1CCNC(=O)CN1C(=O)N(C)C2(CCCCC2)C1=O. The lowest BCUT2D eigenvalue weighted by atomic mass is 9.81. The second kappa shape index (κ2) is 7.98. The van der Waals surface area contributed by atoms with Gasteiger partial charge in [0.15, 0.2) is 0 Å². The van der Waals surface area contributed by atoms with E-state index in [0.717, 1.165) is 35.5 Å². The van der Waals surface area contributed by atoms with E-state index in [2.05, 4.69) is 5.32 Å². The van der Waals surface area contributed by atoms with E-state index in [4.69, 9.17) is 4.74 Å². The van der Waals surface area contributed by atoms with Gasteiger partial charge in [0.05, 0.1) is 7.11 Å². The van der Waals surface area contributed by atoms with Crippen molar-refractivity contribution in [3.63, 3.8) is 0 Å². The summed E-state index contributed by atoms with van der Waals surface area (Å²) in [4.78, 5) is 40.4.